The van der Waals surface area contributed by atoms with Crippen LogP contribution in [0.4, 0.5) is 0 Å². The summed E-state index contributed by atoms with van der Waals surface area (Å²) in [5.74, 6) is 1.34. The molecular weight excluding hydrogens is 240 g/mol. The summed E-state index contributed by atoms with van der Waals surface area (Å²) in [6, 6.07) is 0. The highest BCUT2D eigenvalue weighted by Crippen LogP contribution is 2.34. The number of carbonyl (C=O) groups excluding carboxylic acids is 1. The molecule has 0 saturated carbocycles. The van der Waals surface area contributed by atoms with Crippen LogP contribution in [0.15, 0.2) is 12.4 Å². The second-order valence-corrected chi connectivity index (χ2v) is 5.72. The van der Waals surface area contributed by atoms with E-state index in [-0.39, 0.29) is 5.41 Å². The molecular formula is C14H22N4O. The molecule has 1 N–H and O–H groups in total. The van der Waals surface area contributed by atoms with E-state index in [1.54, 1.807) is 0 Å². The Balaban J connectivity index is 1.77. The van der Waals surface area contributed by atoms with Crippen molar-refractivity contribution in [3.05, 3.63) is 18.2 Å². The number of imidazole rings is 1. The molecule has 19 heavy (non-hydrogen) atoms. The summed E-state index contributed by atoms with van der Waals surface area (Å²) in [5.41, 5.74) is -0.163. The summed E-state index contributed by atoms with van der Waals surface area (Å²) < 4.78 is 2.14. The molecule has 0 bridgehead atoms. The van der Waals surface area contributed by atoms with E-state index in [1.807, 2.05) is 17.3 Å². The van der Waals surface area contributed by atoms with Crippen LogP contribution in [-0.2, 0) is 17.9 Å². The smallest absolute Gasteiger partial charge is 0.230 e. The molecule has 3 heterocycles. The third kappa shape index (κ3) is 2.16. The third-order valence-corrected chi connectivity index (χ3v) is 4.46. The van der Waals surface area contributed by atoms with Gasteiger partial charge < -0.3 is 14.8 Å². The van der Waals surface area contributed by atoms with Crippen molar-refractivity contribution < 1.29 is 4.79 Å². The fourth-order valence-corrected chi connectivity index (χ4v) is 3.41. The zero-order valence-corrected chi connectivity index (χ0v) is 11.6. The summed E-state index contributed by atoms with van der Waals surface area (Å²) in [6.45, 7) is 6.32. The van der Waals surface area contributed by atoms with Crippen molar-refractivity contribution in [1.82, 2.24) is 19.8 Å². The maximum Gasteiger partial charge on any atom is 0.230 e. The molecule has 0 spiro atoms. The zero-order chi connectivity index (χ0) is 13.3. The molecule has 0 aromatic carbocycles. The van der Waals surface area contributed by atoms with E-state index in [0.29, 0.717) is 12.5 Å². The molecule has 1 saturated heterocycles. The van der Waals surface area contributed by atoms with Gasteiger partial charge in [-0.3, -0.25) is 4.79 Å². The molecule has 104 valence electrons. The van der Waals surface area contributed by atoms with E-state index in [0.717, 1.165) is 51.3 Å². The first-order chi connectivity index (χ1) is 9.25. The minimum Gasteiger partial charge on any atom is -0.333 e. The Morgan fingerprint density at radius 1 is 1.53 bits per heavy atom. The number of carbonyl (C=O) groups is 1. The van der Waals surface area contributed by atoms with Crippen LogP contribution in [0.25, 0.3) is 0 Å². The SMILES string of the molecule is CCCC1(C(=O)N2CCn3ccnc3C2)CCNC1. The fourth-order valence-electron chi connectivity index (χ4n) is 3.41. The summed E-state index contributed by atoms with van der Waals surface area (Å²) in [5, 5.41) is 3.36. The van der Waals surface area contributed by atoms with Crippen molar-refractivity contribution in [2.24, 2.45) is 5.41 Å². The quantitative estimate of drug-likeness (QED) is 0.884. The lowest BCUT2D eigenvalue weighted by Gasteiger charge is -2.36. The van der Waals surface area contributed by atoms with Gasteiger partial charge in [-0.2, -0.15) is 0 Å². The average Bonchev–Trinajstić information content (AvgIpc) is 3.06. The number of amides is 1. The van der Waals surface area contributed by atoms with Crippen LogP contribution in [0.5, 0.6) is 0 Å². The molecule has 3 rings (SSSR count). The fraction of sp³-hybridized carbons (Fsp3) is 0.714. The van der Waals surface area contributed by atoms with E-state index in [4.69, 9.17) is 0 Å². The van der Waals surface area contributed by atoms with Gasteiger partial charge in [-0.25, -0.2) is 4.98 Å². The standard InChI is InChI=1S/C14H22N4O/c1-2-3-14(4-5-15-11-14)13(19)18-9-8-17-7-6-16-12(17)10-18/h6-7,15H,2-5,8-11H2,1H3. The zero-order valence-electron chi connectivity index (χ0n) is 11.6. The lowest BCUT2D eigenvalue weighted by atomic mass is 9.81. The van der Waals surface area contributed by atoms with Gasteiger partial charge in [0.05, 0.1) is 12.0 Å². The van der Waals surface area contributed by atoms with Crippen molar-refractivity contribution in [3.63, 3.8) is 0 Å². The van der Waals surface area contributed by atoms with Crippen molar-refractivity contribution in [1.29, 1.82) is 0 Å². The molecule has 0 aliphatic carbocycles. The van der Waals surface area contributed by atoms with Gasteiger partial charge >= 0.3 is 0 Å². The number of hydrogen-bond donors (Lipinski definition) is 1. The lowest BCUT2D eigenvalue weighted by molar-refractivity contribution is -0.143. The number of hydrogen-bond acceptors (Lipinski definition) is 3. The van der Waals surface area contributed by atoms with Crippen LogP contribution in [0.2, 0.25) is 0 Å². The van der Waals surface area contributed by atoms with Gasteiger partial charge in [0.15, 0.2) is 0 Å². The van der Waals surface area contributed by atoms with Crippen LogP contribution >= 0.6 is 0 Å². The number of nitrogens with zero attached hydrogens (tertiary/aromatic N) is 3. The molecule has 5 heteroatoms. The summed E-state index contributed by atoms with van der Waals surface area (Å²) >= 11 is 0. The van der Waals surface area contributed by atoms with E-state index < -0.39 is 0 Å². The van der Waals surface area contributed by atoms with Gasteiger partial charge in [0.2, 0.25) is 5.91 Å². The van der Waals surface area contributed by atoms with E-state index >= 15 is 0 Å². The molecule has 1 aromatic heterocycles. The predicted molar refractivity (Wildman–Crippen MR) is 72.5 cm³/mol. The van der Waals surface area contributed by atoms with Crippen LogP contribution in [0, 0.1) is 5.41 Å². The van der Waals surface area contributed by atoms with Crippen LogP contribution < -0.4 is 5.32 Å². The van der Waals surface area contributed by atoms with Crippen LogP contribution in [-0.4, -0.2) is 40.0 Å². The molecule has 2 aliphatic rings. The number of aromatic nitrogens is 2. The highest BCUT2D eigenvalue weighted by Gasteiger charge is 2.43. The van der Waals surface area contributed by atoms with Gasteiger partial charge in [-0.1, -0.05) is 13.3 Å². The highest BCUT2D eigenvalue weighted by molar-refractivity contribution is 5.83. The summed E-state index contributed by atoms with van der Waals surface area (Å²) in [4.78, 5) is 19.2. The van der Waals surface area contributed by atoms with E-state index in [2.05, 4.69) is 21.8 Å². The third-order valence-electron chi connectivity index (χ3n) is 4.46. The molecule has 2 aliphatic heterocycles. The molecule has 1 amide bonds. The van der Waals surface area contributed by atoms with Gasteiger partial charge in [0.1, 0.15) is 5.82 Å². The molecule has 1 unspecified atom stereocenters. The summed E-state index contributed by atoms with van der Waals surface area (Å²) in [6.07, 6.45) is 6.85. The monoisotopic (exact) mass is 262 g/mol. The highest BCUT2D eigenvalue weighted by atomic mass is 16.2. The van der Waals surface area contributed by atoms with Crippen molar-refractivity contribution in [2.75, 3.05) is 19.6 Å². The van der Waals surface area contributed by atoms with Crippen molar-refractivity contribution in [3.8, 4) is 0 Å². The second-order valence-electron chi connectivity index (χ2n) is 5.72. The summed E-state index contributed by atoms with van der Waals surface area (Å²) in [7, 11) is 0. The Kier molecular flexibility index (Phi) is 3.31. The average molecular weight is 262 g/mol. The van der Waals surface area contributed by atoms with E-state index in [9.17, 15) is 4.79 Å². The Labute approximate surface area is 114 Å². The second kappa shape index (κ2) is 4.96. The Morgan fingerprint density at radius 2 is 2.42 bits per heavy atom. The molecule has 1 atom stereocenters. The molecule has 5 nitrogen and oxygen atoms in total. The normalized spacial score (nSPS) is 26.5. The lowest BCUT2D eigenvalue weighted by Crippen LogP contribution is -2.48. The molecule has 1 aromatic rings. The minimum atomic E-state index is -0.163. The first-order valence-electron chi connectivity index (χ1n) is 7.25. The van der Waals surface area contributed by atoms with Crippen LogP contribution in [0.3, 0.4) is 0 Å². The maximum absolute atomic E-state index is 12.9. The molecule has 1 fully saturated rings. The maximum atomic E-state index is 12.9. The van der Waals surface area contributed by atoms with Crippen LogP contribution in [0.1, 0.15) is 32.0 Å². The molecule has 0 radical (unpaired) electrons. The van der Waals surface area contributed by atoms with E-state index in [1.165, 1.54) is 0 Å². The van der Waals surface area contributed by atoms with Gasteiger partial charge in [-0.15, -0.1) is 0 Å². The largest absolute Gasteiger partial charge is 0.333 e. The first-order valence-corrected chi connectivity index (χ1v) is 7.25. The van der Waals surface area contributed by atoms with Crippen molar-refractivity contribution in [2.45, 2.75) is 39.3 Å². The van der Waals surface area contributed by atoms with Gasteiger partial charge in [0.25, 0.3) is 0 Å². The minimum absolute atomic E-state index is 0.163. The Morgan fingerprint density at radius 3 is 3.16 bits per heavy atom. The number of fused-ring (bicyclic) bond motifs is 1. The van der Waals surface area contributed by atoms with Gasteiger partial charge in [-0.05, 0) is 19.4 Å². The predicted octanol–water partition coefficient (Wildman–Crippen LogP) is 1.01. The van der Waals surface area contributed by atoms with Gasteiger partial charge in [0, 0.05) is 32.0 Å². The number of nitrogens with one attached hydrogen (secondary N) is 1. The van der Waals surface area contributed by atoms with Crippen molar-refractivity contribution >= 4 is 5.91 Å². The Bertz CT molecular complexity index is 462. The Hall–Kier alpha value is -1.36. The topological polar surface area (TPSA) is 50.2 Å². The first kappa shape index (κ1) is 12.7. The number of rotatable bonds is 3.